The summed E-state index contributed by atoms with van der Waals surface area (Å²) in [5.74, 6) is -0.162. The van der Waals surface area contributed by atoms with Gasteiger partial charge in [0.15, 0.2) is 0 Å². The number of likely N-dealkylation sites (N-methyl/N-ethyl adjacent to an activating group) is 1. The van der Waals surface area contributed by atoms with Crippen LogP contribution in [0.5, 0.6) is 0 Å². The Bertz CT molecular complexity index is 705. The van der Waals surface area contributed by atoms with Crippen LogP contribution in [0, 0.1) is 13.8 Å². The monoisotopic (exact) mass is 362 g/mol. The SMILES string of the molecule is CCN(CC)CCNC(=O)c1c(C)nn(Cc2ccc(C)cc2)c1Cl. The lowest BCUT2D eigenvalue weighted by atomic mass is 10.1. The molecule has 0 atom stereocenters. The molecule has 0 unspecified atom stereocenters. The van der Waals surface area contributed by atoms with Gasteiger partial charge in [-0.05, 0) is 32.5 Å². The molecule has 1 heterocycles. The zero-order chi connectivity index (χ0) is 18.4. The van der Waals surface area contributed by atoms with Crippen molar-refractivity contribution in [3.8, 4) is 0 Å². The summed E-state index contributed by atoms with van der Waals surface area (Å²) in [4.78, 5) is 14.7. The Morgan fingerprint density at radius 2 is 1.84 bits per heavy atom. The third-order valence-corrected chi connectivity index (χ3v) is 4.74. The van der Waals surface area contributed by atoms with Crippen LogP contribution >= 0.6 is 11.6 Å². The Kier molecular flexibility index (Phi) is 7.02. The van der Waals surface area contributed by atoms with Crippen molar-refractivity contribution in [1.29, 1.82) is 0 Å². The number of hydrogen-bond acceptors (Lipinski definition) is 3. The second-order valence-electron chi connectivity index (χ2n) is 6.18. The summed E-state index contributed by atoms with van der Waals surface area (Å²) < 4.78 is 1.68. The number of carbonyl (C=O) groups is 1. The van der Waals surface area contributed by atoms with Crippen LogP contribution in [0.2, 0.25) is 5.15 Å². The third kappa shape index (κ3) is 5.06. The molecule has 1 aromatic heterocycles. The number of nitrogens with one attached hydrogen (secondary N) is 1. The van der Waals surface area contributed by atoms with Gasteiger partial charge in [0.05, 0.1) is 17.8 Å². The predicted octanol–water partition coefficient (Wildman–Crippen LogP) is 3.27. The van der Waals surface area contributed by atoms with E-state index in [1.165, 1.54) is 5.56 Å². The molecule has 136 valence electrons. The van der Waals surface area contributed by atoms with Crippen molar-refractivity contribution < 1.29 is 4.79 Å². The Morgan fingerprint density at radius 3 is 2.44 bits per heavy atom. The number of nitrogens with zero attached hydrogens (tertiary/aromatic N) is 3. The molecule has 0 aliphatic carbocycles. The standard InChI is InChI=1S/C19H27ClN4O/c1-5-23(6-2)12-11-21-19(25)17-15(4)22-24(18(17)20)13-16-9-7-14(3)8-10-16/h7-10H,5-6,11-13H2,1-4H3,(H,21,25). The van der Waals surface area contributed by atoms with E-state index in [1.54, 1.807) is 4.68 Å². The van der Waals surface area contributed by atoms with Crippen LogP contribution < -0.4 is 5.32 Å². The molecule has 0 fully saturated rings. The highest BCUT2D eigenvalue weighted by Crippen LogP contribution is 2.21. The number of benzene rings is 1. The molecule has 5 nitrogen and oxygen atoms in total. The van der Waals surface area contributed by atoms with Crippen LogP contribution in [-0.4, -0.2) is 46.8 Å². The summed E-state index contributed by atoms with van der Waals surface area (Å²) in [6.07, 6.45) is 0. The van der Waals surface area contributed by atoms with Crippen molar-refractivity contribution in [3.63, 3.8) is 0 Å². The molecule has 0 aliphatic rings. The minimum Gasteiger partial charge on any atom is -0.351 e. The summed E-state index contributed by atoms with van der Waals surface area (Å²) in [5.41, 5.74) is 3.43. The third-order valence-electron chi connectivity index (χ3n) is 4.35. The van der Waals surface area contributed by atoms with Crippen LogP contribution in [0.4, 0.5) is 0 Å². The lowest BCUT2D eigenvalue weighted by Gasteiger charge is -2.17. The summed E-state index contributed by atoms with van der Waals surface area (Å²) >= 11 is 6.43. The number of aryl methyl sites for hydroxylation is 2. The molecule has 0 saturated carbocycles. The van der Waals surface area contributed by atoms with Gasteiger partial charge < -0.3 is 10.2 Å². The van der Waals surface area contributed by atoms with E-state index in [2.05, 4.69) is 48.2 Å². The fraction of sp³-hybridized carbons (Fsp3) is 0.474. The zero-order valence-corrected chi connectivity index (χ0v) is 16.2. The van der Waals surface area contributed by atoms with Gasteiger partial charge in [0.1, 0.15) is 5.15 Å². The van der Waals surface area contributed by atoms with Crippen LogP contribution in [0.3, 0.4) is 0 Å². The molecule has 0 saturated heterocycles. The molecule has 2 rings (SSSR count). The molecular formula is C19H27ClN4O. The van der Waals surface area contributed by atoms with Gasteiger partial charge in [0, 0.05) is 13.1 Å². The van der Waals surface area contributed by atoms with Crippen LogP contribution in [-0.2, 0) is 6.54 Å². The lowest BCUT2D eigenvalue weighted by molar-refractivity contribution is 0.0948. The molecule has 6 heteroatoms. The maximum atomic E-state index is 12.5. The largest absolute Gasteiger partial charge is 0.351 e. The highest BCUT2D eigenvalue weighted by Gasteiger charge is 2.20. The number of carbonyl (C=O) groups excluding carboxylic acids is 1. The summed E-state index contributed by atoms with van der Waals surface area (Å²) in [7, 11) is 0. The van der Waals surface area contributed by atoms with Crippen LogP contribution in [0.15, 0.2) is 24.3 Å². The fourth-order valence-corrected chi connectivity index (χ4v) is 3.06. The number of rotatable bonds is 8. The van der Waals surface area contributed by atoms with Gasteiger partial charge in [-0.1, -0.05) is 55.3 Å². The van der Waals surface area contributed by atoms with E-state index >= 15 is 0 Å². The topological polar surface area (TPSA) is 50.2 Å². The number of amides is 1. The minimum atomic E-state index is -0.162. The van der Waals surface area contributed by atoms with Crippen molar-refractivity contribution in [2.24, 2.45) is 0 Å². The fourth-order valence-electron chi connectivity index (χ4n) is 2.74. The molecule has 0 bridgehead atoms. The predicted molar refractivity (Wildman–Crippen MR) is 102 cm³/mol. The van der Waals surface area contributed by atoms with Gasteiger partial charge in [-0.2, -0.15) is 5.10 Å². The van der Waals surface area contributed by atoms with Gasteiger partial charge in [-0.25, -0.2) is 4.68 Å². The number of aromatic nitrogens is 2. The molecule has 25 heavy (non-hydrogen) atoms. The lowest BCUT2D eigenvalue weighted by Crippen LogP contribution is -2.35. The quantitative estimate of drug-likeness (QED) is 0.784. The van der Waals surface area contributed by atoms with Crippen molar-refractivity contribution in [2.45, 2.75) is 34.2 Å². The first-order valence-corrected chi connectivity index (χ1v) is 9.13. The van der Waals surface area contributed by atoms with Crippen molar-refractivity contribution >= 4 is 17.5 Å². The van der Waals surface area contributed by atoms with Crippen LogP contribution in [0.1, 0.15) is 41.0 Å². The van der Waals surface area contributed by atoms with E-state index in [-0.39, 0.29) is 5.91 Å². The Balaban J connectivity index is 2.05. The second-order valence-corrected chi connectivity index (χ2v) is 6.54. The van der Waals surface area contributed by atoms with Gasteiger partial charge in [0.25, 0.3) is 5.91 Å². The van der Waals surface area contributed by atoms with E-state index < -0.39 is 0 Å². The minimum absolute atomic E-state index is 0.162. The van der Waals surface area contributed by atoms with Crippen molar-refractivity contribution in [3.05, 3.63) is 51.8 Å². The second kappa shape index (κ2) is 9.02. The molecular weight excluding hydrogens is 336 g/mol. The first-order valence-electron chi connectivity index (χ1n) is 8.75. The van der Waals surface area contributed by atoms with E-state index in [9.17, 15) is 4.79 Å². The van der Waals surface area contributed by atoms with Crippen LogP contribution in [0.25, 0.3) is 0 Å². The van der Waals surface area contributed by atoms with Gasteiger partial charge in [-0.15, -0.1) is 0 Å². The normalized spacial score (nSPS) is 11.1. The maximum absolute atomic E-state index is 12.5. The van der Waals surface area contributed by atoms with Crippen molar-refractivity contribution in [1.82, 2.24) is 20.0 Å². The van der Waals surface area contributed by atoms with E-state index in [1.807, 2.05) is 19.1 Å². The molecule has 2 aromatic rings. The average Bonchev–Trinajstić information content (AvgIpc) is 2.87. The first kappa shape index (κ1) is 19.5. The number of hydrogen-bond donors (Lipinski definition) is 1. The Hall–Kier alpha value is -1.85. The maximum Gasteiger partial charge on any atom is 0.256 e. The first-order chi connectivity index (χ1) is 12.0. The Morgan fingerprint density at radius 1 is 1.20 bits per heavy atom. The van der Waals surface area contributed by atoms with E-state index in [4.69, 9.17) is 11.6 Å². The van der Waals surface area contributed by atoms with Crippen molar-refractivity contribution in [2.75, 3.05) is 26.2 Å². The van der Waals surface area contributed by atoms with Gasteiger partial charge in [-0.3, -0.25) is 4.79 Å². The molecule has 1 aromatic carbocycles. The summed E-state index contributed by atoms with van der Waals surface area (Å²) in [5, 5.41) is 7.77. The molecule has 1 N–H and O–H groups in total. The molecule has 0 aliphatic heterocycles. The molecule has 0 radical (unpaired) electrons. The molecule has 0 spiro atoms. The van der Waals surface area contributed by atoms with E-state index in [0.29, 0.717) is 29.5 Å². The highest BCUT2D eigenvalue weighted by molar-refractivity contribution is 6.33. The number of halogens is 1. The average molecular weight is 363 g/mol. The zero-order valence-electron chi connectivity index (χ0n) is 15.5. The summed E-state index contributed by atoms with van der Waals surface area (Å²) in [6, 6.07) is 8.21. The van der Waals surface area contributed by atoms with Gasteiger partial charge in [0.2, 0.25) is 0 Å². The van der Waals surface area contributed by atoms with E-state index in [0.717, 1.165) is 25.2 Å². The van der Waals surface area contributed by atoms with Gasteiger partial charge >= 0.3 is 0 Å². The molecule has 1 amide bonds. The smallest absolute Gasteiger partial charge is 0.256 e. The summed E-state index contributed by atoms with van der Waals surface area (Å²) in [6.45, 7) is 12.0. The Labute approximate surface area is 155 Å². The highest BCUT2D eigenvalue weighted by atomic mass is 35.5.